The molecule has 4 aliphatic rings. The number of aliphatic imine (C=N–C) groups is 2. The van der Waals surface area contributed by atoms with Crippen LogP contribution in [0.1, 0.15) is 39.7 Å². The SMILES string of the molecule is CC1=C2N=C(c3ccccc3Cl)c3cnc(N4CCOCC4)cc3NC2=NC1.Cc1[nH]nc(Nc2cc(N3CCOCC3)ncc2C(=O)c2ccccc2Cl)c1[N+](=O)[O-].FI(I)I.FI(I)I. The first-order chi connectivity index (χ1) is 32.1. The molecular formula is C41H39Cl2F2I6N11O5. The maximum atomic E-state index is 13.2. The first kappa shape index (κ1) is 54.4. The van der Waals surface area contributed by atoms with Gasteiger partial charge in [0.15, 0.2) is 11.6 Å². The van der Waals surface area contributed by atoms with Gasteiger partial charge in [0.05, 0.1) is 65.6 Å². The van der Waals surface area contributed by atoms with Gasteiger partial charge in [0, 0.05) is 72.4 Å². The van der Waals surface area contributed by atoms with Gasteiger partial charge in [-0.25, -0.2) is 15.0 Å². The number of aryl methyl sites for hydroxylation is 1. The number of halogens is 10. The molecule has 0 saturated carbocycles. The molecule has 67 heavy (non-hydrogen) atoms. The van der Waals surface area contributed by atoms with Crippen LogP contribution in [0.4, 0.5) is 40.2 Å². The van der Waals surface area contributed by atoms with E-state index in [1.807, 2.05) is 110 Å². The number of fused-ring (bicyclic) bond motifs is 2. The summed E-state index contributed by atoms with van der Waals surface area (Å²) in [4.78, 5) is 47.2. The normalized spacial score (nSPS) is 15.6. The molecule has 0 aliphatic carbocycles. The summed E-state index contributed by atoms with van der Waals surface area (Å²) in [6.07, 6.45) is 3.33. The summed E-state index contributed by atoms with van der Waals surface area (Å²) in [5.74, 6) is 2.01. The summed E-state index contributed by atoms with van der Waals surface area (Å²) in [6, 6.07) is 18.2. The van der Waals surface area contributed by atoms with Gasteiger partial charge < -0.3 is 29.9 Å². The molecule has 0 spiro atoms. The number of amidine groups is 1. The Morgan fingerprint density at radius 3 is 2.00 bits per heavy atom. The van der Waals surface area contributed by atoms with E-state index in [2.05, 4.69) is 48.7 Å². The zero-order chi connectivity index (χ0) is 48.2. The van der Waals surface area contributed by atoms with Crippen molar-refractivity contribution in [2.45, 2.75) is 13.8 Å². The van der Waals surface area contributed by atoms with Gasteiger partial charge in [0.25, 0.3) is 0 Å². The van der Waals surface area contributed by atoms with Gasteiger partial charge in [-0.1, -0.05) is 53.5 Å². The number of ketones is 1. The molecule has 2 aromatic carbocycles. The molecule has 7 heterocycles. The van der Waals surface area contributed by atoms with Gasteiger partial charge in [-0.3, -0.25) is 25.0 Å². The zero-order valence-corrected chi connectivity index (χ0v) is 49.6. The number of nitro groups is 1. The number of anilines is 5. The van der Waals surface area contributed by atoms with Crippen LogP contribution in [0.25, 0.3) is 0 Å². The van der Waals surface area contributed by atoms with Crippen LogP contribution in [0.15, 0.2) is 94.3 Å². The number of H-pyrrole nitrogens is 1. The van der Waals surface area contributed by atoms with Crippen molar-refractivity contribution in [1.29, 1.82) is 0 Å². The Hall–Kier alpha value is -1.96. The van der Waals surface area contributed by atoms with Crippen LogP contribution in [-0.2, 0) is 9.47 Å². The number of aromatic amines is 1. The van der Waals surface area contributed by atoms with Crippen LogP contribution in [0, 0.1) is 17.0 Å². The fraction of sp³-hybridized carbons (Fsp3) is 0.268. The van der Waals surface area contributed by atoms with E-state index in [1.54, 1.807) is 37.3 Å². The molecule has 16 nitrogen and oxygen atoms in total. The van der Waals surface area contributed by atoms with Crippen LogP contribution in [0.3, 0.4) is 0 Å². The van der Waals surface area contributed by atoms with Crippen LogP contribution in [-0.4, -0.2) is 102 Å². The molecule has 2 fully saturated rings. The minimum atomic E-state index is -1.82. The number of rotatable bonds is 8. The van der Waals surface area contributed by atoms with E-state index in [-0.39, 0.29) is 22.9 Å². The number of carbonyl (C=O) groups is 1. The maximum absolute atomic E-state index is 13.2. The topological polar surface area (TPSA) is 188 Å². The quantitative estimate of drug-likeness (QED) is 0.0578. The van der Waals surface area contributed by atoms with Gasteiger partial charge in [0.2, 0.25) is 5.82 Å². The Morgan fingerprint density at radius 2 is 1.40 bits per heavy atom. The van der Waals surface area contributed by atoms with Gasteiger partial charge >= 0.3 is 111 Å². The predicted molar refractivity (Wildman–Crippen MR) is 315 cm³/mol. The number of ether oxygens (including phenoxy) is 2. The minimum absolute atomic E-state index is 0.00911. The van der Waals surface area contributed by atoms with E-state index in [9.17, 15) is 20.6 Å². The number of nitrogens with zero attached hydrogens (tertiary/aromatic N) is 8. The van der Waals surface area contributed by atoms with E-state index >= 15 is 0 Å². The molecule has 0 atom stereocenters. The number of hydrogen-bond acceptors (Lipinski definition) is 14. The number of aromatic nitrogens is 4. The summed E-state index contributed by atoms with van der Waals surface area (Å²) in [6.45, 7) is 9.81. The molecular weight excluding hydrogens is 1600 g/mol. The average Bonchev–Trinajstić information content (AvgIpc) is 3.80. The molecule has 26 heteroatoms. The molecule has 0 unspecified atom stereocenters. The van der Waals surface area contributed by atoms with Gasteiger partial charge in [-0.05, 0) is 37.6 Å². The molecule has 0 radical (unpaired) electrons. The Labute approximate surface area is 449 Å². The molecule has 2 saturated heterocycles. The van der Waals surface area contributed by atoms with E-state index in [0.29, 0.717) is 65.7 Å². The van der Waals surface area contributed by atoms with E-state index in [1.165, 1.54) is 6.20 Å². The molecule has 358 valence electrons. The number of nitrogens with one attached hydrogen (secondary N) is 3. The van der Waals surface area contributed by atoms with Crippen molar-refractivity contribution in [3.05, 3.63) is 132 Å². The van der Waals surface area contributed by atoms with E-state index in [4.69, 9.17) is 42.7 Å². The van der Waals surface area contributed by atoms with Crippen molar-refractivity contribution < 1.29 is 24.9 Å². The van der Waals surface area contributed by atoms with Gasteiger partial charge in [-0.15, -0.1) is 5.10 Å². The molecule has 3 N–H and O–H groups in total. The third kappa shape index (κ3) is 15.0. The van der Waals surface area contributed by atoms with Crippen LogP contribution >= 0.6 is 123 Å². The van der Waals surface area contributed by atoms with Crippen molar-refractivity contribution >= 4 is 174 Å². The van der Waals surface area contributed by atoms with Crippen molar-refractivity contribution in [2.75, 3.05) is 79.6 Å². The first-order valence-corrected chi connectivity index (χ1v) is 47.3. The van der Waals surface area contributed by atoms with E-state index < -0.39 is 29.8 Å². The summed E-state index contributed by atoms with van der Waals surface area (Å²) in [5.41, 5.74) is 6.57. The summed E-state index contributed by atoms with van der Waals surface area (Å²) in [5, 5.41) is 25.5. The van der Waals surface area contributed by atoms with Crippen molar-refractivity contribution in [2.24, 2.45) is 9.98 Å². The van der Waals surface area contributed by atoms with Crippen LogP contribution in [0.2, 0.25) is 10.0 Å². The Bertz CT molecular complexity index is 2660. The van der Waals surface area contributed by atoms with Crippen molar-refractivity contribution in [3.63, 3.8) is 0 Å². The number of carbonyl (C=O) groups excluding carboxylic acids is 1. The molecule has 5 aromatic rings. The number of benzene rings is 2. The van der Waals surface area contributed by atoms with Crippen LogP contribution < -0.4 is 20.4 Å². The summed E-state index contributed by atoms with van der Waals surface area (Å²) >= 11 is 16.4. The molecule has 9 rings (SSSR count). The second kappa shape index (κ2) is 26.5. The van der Waals surface area contributed by atoms with Gasteiger partial charge in [0.1, 0.15) is 23.0 Å². The van der Waals surface area contributed by atoms with Gasteiger partial charge in [-0.2, -0.15) is 0 Å². The van der Waals surface area contributed by atoms with E-state index in [0.717, 1.165) is 71.8 Å². The molecule has 0 amide bonds. The molecule has 0 bridgehead atoms. The average molecular weight is 1640 g/mol. The molecule has 3 aromatic heterocycles. The fourth-order valence-corrected chi connectivity index (χ4v) is 7.45. The first-order valence-electron chi connectivity index (χ1n) is 19.8. The van der Waals surface area contributed by atoms with Crippen molar-refractivity contribution in [3.8, 4) is 0 Å². The monoisotopic (exact) mass is 1630 g/mol. The Morgan fingerprint density at radius 1 is 0.836 bits per heavy atom. The fourth-order valence-electron chi connectivity index (χ4n) is 7.00. The summed E-state index contributed by atoms with van der Waals surface area (Å²) < 4.78 is 33.1. The number of hydrogen-bond donors (Lipinski definition) is 3. The standard InChI is InChI=1S/C21H20ClN5O.C20H19ClN6O4.2FI3/c1-13-11-24-21-19(13)26-20(14-4-2-3-5-16(14)22)15-12-23-18(10-17(15)25-21)27-6-8-28-9-7-27;1-12-18(27(29)30)20(25-24-12)23-16-10-17(26-6-8-31-9-7-26)22-11-14(16)19(28)13-4-2-3-5-15(13)21;2*1-4(2)3/h2-5,10,12H,6-9,11H2,1H3,(H,24,25);2-5,10-11H,6-9H2,1H3,(H2,22,23,24,25);;. The second-order valence-corrected chi connectivity index (χ2v) is 57.1. The Balaban J connectivity index is 0.000000191. The Kier molecular flexibility index (Phi) is 21.5. The predicted octanol–water partition coefficient (Wildman–Crippen LogP) is 13.2. The van der Waals surface area contributed by atoms with Crippen molar-refractivity contribution in [1.82, 2.24) is 20.2 Å². The third-order valence-electron chi connectivity index (χ3n) is 10.1. The third-order valence-corrected chi connectivity index (χ3v) is 10.8. The second-order valence-electron chi connectivity index (χ2n) is 14.3. The number of morpholine rings is 2. The number of pyridine rings is 2. The molecule has 4 aliphatic heterocycles. The summed E-state index contributed by atoms with van der Waals surface area (Å²) in [7, 11) is 0. The van der Waals surface area contributed by atoms with Crippen LogP contribution in [0.5, 0.6) is 0 Å². The zero-order valence-electron chi connectivity index (χ0n) is 35.2.